The van der Waals surface area contributed by atoms with Crippen LogP contribution in [0.4, 0.5) is 4.79 Å². The Labute approximate surface area is 137 Å². The normalized spacial score (nSPS) is 21.9. The van der Waals surface area contributed by atoms with Crippen molar-refractivity contribution in [1.29, 1.82) is 0 Å². The van der Waals surface area contributed by atoms with E-state index in [4.69, 9.17) is 9.16 Å². The lowest BCUT2D eigenvalue weighted by molar-refractivity contribution is -0.0324. The molecule has 6 heteroatoms. The van der Waals surface area contributed by atoms with Crippen LogP contribution in [0, 0.1) is 5.41 Å². The molecule has 2 unspecified atom stereocenters. The van der Waals surface area contributed by atoms with Gasteiger partial charge in [-0.15, -0.1) is 0 Å². The van der Waals surface area contributed by atoms with Crippen molar-refractivity contribution >= 4 is 15.1 Å². The molecule has 5 nitrogen and oxygen atoms in total. The van der Waals surface area contributed by atoms with E-state index in [9.17, 15) is 4.79 Å². The van der Waals surface area contributed by atoms with Gasteiger partial charge >= 0.3 is 6.09 Å². The van der Waals surface area contributed by atoms with Crippen LogP contribution in [0.2, 0.25) is 13.1 Å². The van der Waals surface area contributed by atoms with Crippen LogP contribution in [-0.4, -0.2) is 57.4 Å². The maximum Gasteiger partial charge on any atom is 0.410 e. The molecular weight excluding hydrogens is 296 g/mol. The highest BCUT2D eigenvalue weighted by Gasteiger charge is 2.41. The number of rotatable bonds is 3. The Hall–Kier alpha value is -0.593. The number of hydrogen-bond acceptors (Lipinski definition) is 4. The zero-order chi connectivity index (χ0) is 17.1. The van der Waals surface area contributed by atoms with Gasteiger partial charge in [0, 0.05) is 19.6 Å². The average molecular weight is 331 g/mol. The molecule has 130 valence electrons. The number of ether oxygens (including phenoxy) is 1. The Morgan fingerprint density at radius 3 is 2.27 bits per heavy atom. The number of carbonyl (C=O) groups is 1. The summed E-state index contributed by atoms with van der Waals surface area (Å²) in [4.78, 5) is 14.4. The highest BCUT2D eigenvalue weighted by atomic mass is 28.3. The molecule has 1 saturated heterocycles. The minimum atomic E-state index is -1.21. The fourth-order valence-corrected chi connectivity index (χ4v) is 3.88. The molecule has 0 aromatic heterocycles. The molecule has 1 fully saturated rings. The zero-order valence-electron chi connectivity index (χ0n) is 15.5. The number of hydrogen-bond donors (Lipinski definition) is 1. The molecule has 0 aromatic rings. The summed E-state index contributed by atoms with van der Waals surface area (Å²) < 4.78 is 11.9. The van der Waals surface area contributed by atoms with E-state index < -0.39 is 14.6 Å². The van der Waals surface area contributed by atoms with Crippen LogP contribution < -0.4 is 5.32 Å². The van der Waals surface area contributed by atoms with Crippen LogP contribution in [0.1, 0.15) is 41.5 Å². The molecule has 1 N–H and O–H groups in total. The summed E-state index contributed by atoms with van der Waals surface area (Å²) in [5.41, 5.74) is -0.501. The molecule has 0 saturated carbocycles. The number of carbonyl (C=O) groups excluding carboxylic acids is 1. The van der Waals surface area contributed by atoms with E-state index in [0.29, 0.717) is 6.54 Å². The summed E-state index contributed by atoms with van der Waals surface area (Å²) in [6.45, 7) is 18.8. The van der Waals surface area contributed by atoms with Gasteiger partial charge in [-0.25, -0.2) is 4.79 Å². The molecule has 1 aliphatic heterocycles. The summed E-state index contributed by atoms with van der Waals surface area (Å²) in [6, 6.07) is 0.0125. The Kier molecular flexibility index (Phi) is 6.47. The molecule has 1 heterocycles. The monoisotopic (exact) mass is 330 g/mol. The van der Waals surface area contributed by atoms with Crippen molar-refractivity contribution < 1.29 is 14.0 Å². The minimum absolute atomic E-state index is 0.0125. The van der Waals surface area contributed by atoms with E-state index in [-0.39, 0.29) is 23.7 Å². The molecule has 1 amide bonds. The van der Waals surface area contributed by atoms with Gasteiger partial charge in [0.1, 0.15) is 5.60 Å². The summed E-state index contributed by atoms with van der Waals surface area (Å²) in [5, 5.41) is 3.39. The largest absolute Gasteiger partial charge is 0.444 e. The Morgan fingerprint density at radius 1 is 1.23 bits per heavy atom. The molecule has 0 spiro atoms. The van der Waals surface area contributed by atoms with Gasteiger partial charge in [0.2, 0.25) is 0 Å². The Morgan fingerprint density at radius 2 is 1.82 bits per heavy atom. The zero-order valence-corrected chi connectivity index (χ0v) is 16.7. The lowest BCUT2D eigenvalue weighted by Gasteiger charge is -2.46. The maximum atomic E-state index is 12.6. The third-order valence-electron chi connectivity index (χ3n) is 3.53. The van der Waals surface area contributed by atoms with Crippen molar-refractivity contribution in [2.75, 3.05) is 19.6 Å². The molecule has 1 rings (SSSR count). The van der Waals surface area contributed by atoms with E-state index in [1.165, 1.54) is 0 Å². The first-order chi connectivity index (χ1) is 9.92. The van der Waals surface area contributed by atoms with Crippen LogP contribution in [0.15, 0.2) is 0 Å². The van der Waals surface area contributed by atoms with Crippen molar-refractivity contribution in [3.05, 3.63) is 0 Å². The summed E-state index contributed by atoms with van der Waals surface area (Å²) >= 11 is 0. The van der Waals surface area contributed by atoms with E-state index in [1.54, 1.807) is 0 Å². The third kappa shape index (κ3) is 5.89. The van der Waals surface area contributed by atoms with Crippen molar-refractivity contribution in [3.8, 4) is 0 Å². The maximum absolute atomic E-state index is 12.6. The van der Waals surface area contributed by atoms with Gasteiger partial charge < -0.3 is 19.4 Å². The molecule has 22 heavy (non-hydrogen) atoms. The van der Waals surface area contributed by atoms with Gasteiger partial charge in [-0.1, -0.05) is 20.8 Å². The first kappa shape index (κ1) is 19.5. The van der Waals surface area contributed by atoms with Crippen molar-refractivity contribution in [3.63, 3.8) is 0 Å². The summed E-state index contributed by atoms with van der Waals surface area (Å²) in [7, 11) is -1.21. The fourth-order valence-electron chi connectivity index (χ4n) is 2.71. The number of nitrogens with one attached hydrogen (secondary N) is 1. The standard InChI is InChI=1S/C16H34N2O3Si/c1-15(2,3)13(21-22(7)8)12-11-17-9-10-18(12)14(19)20-16(4,5)6/h12-13,17,22H,9-11H2,1-8H3. The fraction of sp³-hybridized carbons (Fsp3) is 0.938. The van der Waals surface area contributed by atoms with Gasteiger partial charge in [0.15, 0.2) is 9.04 Å². The summed E-state index contributed by atoms with van der Waals surface area (Å²) in [5.74, 6) is 0. The number of nitrogens with zero attached hydrogens (tertiary/aromatic N) is 1. The minimum Gasteiger partial charge on any atom is -0.444 e. The van der Waals surface area contributed by atoms with Crippen LogP contribution in [0.5, 0.6) is 0 Å². The van der Waals surface area contributed by atoms with E-state index in [1.807, 2.05) is 25.7 Å². The predicted octanol–water partition coefficient (Wildman–Crippen LogP) is 2.61. The highest BCUT2D eigenvalue weighted by Crippen LogP contribution is 2.29. The van der Waals surface area contributed by atoms with Gasteiger partial charge in [-0.2, -0.15) is 0 Å². The molecule has 0 bridgehead atoms. The SMILES string of the molecule is C[SiH](C)OC(C1CNCCN1C(=O)OC(C)(C)C)C(C)(C)C. The Balaban J connectivity index is 2.96. The lowest BCUT2D eigenvalue weighted by atomic mass is 9.83. The average Bonchev–Trinajstić information content (AvgIpc) is 2.32. The topological polar surface area (TPSA) is 50.8 Å². The van der Waals surface area contributed by atoms with E-state index in [0.717, 1.165) is 13.1 Å². The number of piperazine rings is 1. The van der Waals surface area contributed by atoms with E-state index >= 15 is 0 Å². The summed E-state index contributed by atoms with van der Waals surface area (Å²) in [6.07, 6.45) is -0.221. The Bertz CT molecular complexity index is 375. The predicted molar refractivity (Wildman–Crippen MR) is 92.8 cm³/mol. The second kappa shape index (κ2) is 7.32. The van der Waals surface area contributed by atoms with Gasteiger partial charge in [-0.05, 0) is 39.3 Å². The van der Waals surface area contributed by atoms with Gasteiger partial charge in [0.25, 0.3) is 0 Å². The lowest BCUT2D eigenvalue weighted by Crippen LogP contribution is -2.62. The highest BCUT2D eigenvalue weighted by molar-refractivity contribution is 6.48. The van der Waals surface area contributed by atoms with Crippen molar-refractivity contribution in [2.24, 2.45) is 5.41 Å². The van der Waals surface area contributed by atoms with Crippen LogP contribution in [0.25, 0.3) is 0 Å². The van der Waals surface area contributed by atoms with Crippen molar-refractivity contribution in [1.82, 2.24) is 10.2 Å². The second-order valence-corrected chi connectivity index (χ2v) is 10.8. The van der Waals surface area contributed by atoms with Gasteiger partial charge in [-0.3, -0.25) is 0 Å². The molecule has 0 aromatic carbocycles. The molecule has 0 aliphatic carbocycles. The number of amides is 1. The molecule has 2 atom stereocenters. The smallest absolute Gasteiger partial charge is 0.410 e. The van der Waals surface area contributed by atoms with Gasteiger partial charge in [0.05, 0.1) is 12.1 Å². The van der Waals surface area contributed by atoms with Crippen LogP contribution in [-0.2, 0) is 9.16 Å². The molecule has 1 aliphatic rings. The first-order valence-corrected chi connectivity index (χ1v) is 11.1. The molecule has 0 radical (unpaired) electrons. The van der Waals surface area contributed by atoms with Crippen molar-refractivity contribution in [2.45, 2.75) is 72.4 Å². The third-order valence-corrected chi connectivity index (χ3v) is 4.37. The van der Waals surface area contributed by atoms with Crippen LogP contribution in [0.3, 0.4) is 0 Å². The van der Waals surface area contributed by atoms with Crippen LogP contribution >= 0.6 is 0 Å². The molecular formula is C16H34N2O3Si. The first-order valence-electron chi connectivity index (χ1n) is 8.27. The quantitative estimate of drug-likeness (QED) is 0.808. The van der Waals surface area contributed by atoms with E-state index in [2.05, 4.69) is 39.2 Å². The second-order valence-electron chi connectivity index (χ2n) is 8.42.